The van der Waals surface area contributed by atoms with Crippen molar-refractivity contribution in [2.45, 2.75) is 25.6 Å². The summed E-state index contributed by atoms with van der Waals surface area (Å²) in [5.74, 6) is -0.175. The number of nitrogens with zero attached hydrogens (tertiary/aromatic N) is 2. The summed E-state index contributed by atoms with van der Waals surface area (Å²) in [7, 11) is 0. The molecule has 5 heteroatoms. The predicted molar refractivity (Wildman–Crippen MR) is 73.2 cm³/mol. The van der Waals surface area contributed by atoms with Gasteiger partial charge >= 0.3 is 0 Å². The van der Waals surface area contributed by atoms with Crippen molar-refractivity contribution in [1.82, 2.24) is 15.1 Å². The molecule has 2 atom stereocenters. The van der Waals surface area contributed by atoms with E-state index in [4.69, 9.17) is 5.73 Å². The van der Waals surface area contributed by atoms with Gasteiger partial charge in [0.2, 0.25) is 5.91 Å². The fourth-order valence-corrected chi connectivity index (χ4v) is 1.88. The van der Waals surface area contributed by atoms with Gasteiger partial charge in [-0.05, 0) is 18.6 Å². The number of aromatic nitrogens is 2. The molecule has 0 fully saturated rings. The van der Waals surface area contributed by atoms with E-state index in [1.165, 1.54) is 0 Å². The molecule has 0 radical (unpaired) electrons. The van der Waals surface area contributed by atoms with E-state index in [9.17, 15) is 4.79 Å². The molecule has 2 unspecified atom stereocenters. The largest absolute Gasteiger partial charge is 0.350 e. The molecule has 0 aliphatic carbocycles. The number of amides is 1. The van der Waals surface area contributed by atoms with Gasteiger partial charge in [-0.1, -0.05) is 30.3 Å². The summed E-state index contributed by atoms with van der Waals surface area (Å²) in [5, 5.41) is 6.99. The minimum absolute atomic E-state index is 0.0258. The van der Waals surface area contributed by atoms with Crippen LogP contribution in [0.25, 0.3) is 0 Å². The van der Waals surface area contributed by atoms with Gasteiger partial charge in [0.1, 0.15) is 6.04 Å². The van der Waals surface area contributed by atoms with Gasteiger partial charge in [-0.3, -0.25) is 9.48 Å². The Morgan fingerprint density at radius 3 is 2.74 bits per heavy atom. The summed E-state index contributed by atoms with van der Waals surface area (Å²) in [5.41, 5.74) is 6.74. The molecule has 2 aromatic rings. The highest BCUT2D eigenvalue weighted by molar-refractivity contribution is 5.83. The van der Waals surface area contributed by atoms with Gasteiger partial charge in [-0.15, -0.1) is 0 Å². The highest BCUT2D eigenvalue weighted by atomic mass is 16.2. The first kappa shape index (κ1) is 13.3. The summed E-state index contributed by atoms with van der Waals surface area (Å²) in [4.78, 5) is 12.0. The van der Waals surface area contributed by atoms with E-state index in [0.29, 0.717) is 6.54 Å². The van der Waals surface area contributed by atoms with Crippen molar-refractivity contribution < 1.29 is 4.79 Å². The third-order valence-electron chi connectivity index (χ3n) is 2.85. The van der Waals surface area contributed by atoms with Crippen molar-refractivity contribution in [2.24, 2.45) is 5.73 Å². The smallest absolute Gasteiger partial charge is 0.241 e. The average Bonchev–Trinajstić information content (AvgIpc) is 2.91. The first-order valence-electron chi connectivity index (χ1n) is 6.25. The lowest BCUT2D eigenvalue weighted by molar-refractivity contribution is -0.123. The van der Waals surface area contributed by atoms with Gasteiger partial charge in [0.15, 0.2) is 0 Å². The monoisotopic (exact) mass is 258 g/mol. The highest BCUT2D eigenvalue weighted by Gasteiger charge is 2.17. The summed E-state index contributed by atoms with van der Waals surface area (Å²) in [6, 6.07) is 10.5. The molecular weight excluding hydrogens is 240 g/mol. The summed E-state index contributed by atoms with van der Waals surface area (Å²) in [6.45, 7) is 2.55. The Hall–Kier alpha value is -2.14. The minimum Gasteiger partial charge on any atom is -0.350 e. The molecule has 1 aromatic carbocycles. The van der Waals surface area contributed by atoms with Crippen LogP contribution >= 0.6 is 0 Å². The van der Waals surface area contributed by atoms with Gasteiger partial charge in [0.25, 0.3) is 0 Å². The molecular formula is C14H18N4O. The Balaban J connectivity index is 1.90. The topological polar surface area (TPSA) is 72.9 Å². The molecule has 5 nitrogen and oxygen atoms in total. The standard InChI is InChI=1S/C14H18N4O/c1-11(10-18-9-5-8-16-18)17-14(19)13(15)12-6-3-2-4-7-12/h2-9,11,13H,10,15H2,1H3,(H,17,19). The number of hydrogen-bond acceptors (Lipinski definition) is 3. The third kappa shape index (κ3) is 3.66. The number of nitrogens with two attached hydrogens (primary N) is 1. The van der Waals surface area contributed by atoms with E-state index in [0.717, 1.165) is 5.56 Å². The van der Waals surface area contributed by atoms with Crippen LogP contribution in [-0.4, -0.2) is 21.7 Å². The Bertz CT molecular complexity index is 510. The molecule has 0 bridgehead atoms. The van der Waals surface area contributed by atoms with Crippen LogP contribution in [0.3, 0.4) is 0 Å². The lowest BCUT2D eigenvalue weighted by atomic mass is 10.1. The first-order chi connectivity index (χ1) is 9.16. The minimum atomic E-state index is -0.638. The molecule has 1 heterocycles. The fourth-order valence-electron chi connectivity index (χ4n) is 1.88. The van der Waals surface area contributed by atoms with Crippen molar-refractivity contribution >= 4 is 5.91 Å². The predicted octanol–water partition coefficient (Wildman–Crippen LogP) is 1.09. The summed E-state index contributed by atoms with van der Waals surface area (Å²) < 4.78 is 1.78. The van der Waals surface area contributed by atoms with Gasteiger partial charge in [-0.2, -0.15) is 5.10 Å². The van der Waals surface area contributed by atoms with Crippen LogP contribution in [0.5, 0.6) is 0 Å². The Morgan fingerprint density at radius 2 is 2.11 bits per heavy atom. The van der Waals surface area contributed by atoms with Gasteiger partial charge in [0, 0.05) is 18.4 Å². The van der Waals surface area contributed by atoms with E-state index >= 15 is 0 Å². The number of rotatable bonds is 5. The second-order valence-corrected chi connectivity index (χ2v) is 4.53. The summed E-state index contributed by atoms with van der Waals surface area (Å²) >= 11 is 0. The van der Waals surface area contributed by atoms with Crippen LogP contribution in [0.15, 0.2) is 48.8 Å². The zero-order valence-electron chi connectivity index (χ0n) is 10.9. The van der Waals surface area contributed by atoms with Crippen LogP contribution in [0.1, 0.15) is 18.5 Å². The maximum atomic E-state index is 12.0. The van der Waals surface area contributed by atoms with Crippen LogP contribution in [0.4, 0.5) is 0 Å². The zero-order chi connectivity index (χ0) is 13.7. The lowest BCUT2D eigenvalue weighted by Gasteiger charge is -2.17. The quantitative estimate of drug-likeness (QED) is 0.843. The Morgan fingerprint density at radius 1 is 1.37 bits per heavy atom. The average molecular weight is 258 g/mol. The normalized spacial score (nSPS) is 13.8. The third-order valence-corrected chi connectivity index (χ3v) is 2.85. The molecule has 0 aliphatic heterocycles. The van der Waals surface area contributed by atoms with E-state index < -0.39 is 6.04 Å². The highest BCUT2D eigenvalue weighted by Crippen LogP contribution is 2.09. The SMILES string of the molecule is CC(Cn1cccn1)NC(=O)C(N)c1ccccc1. The number of hydrogen-bond donors (Lipinski definition) is 2. The van der Waals surface area contributed by atoms with E-state index in [-0.39, 0.29) is 11.9 Å². The van der Waals surface area contributed by atoms with Gasteiger partial charge < -0.3 is 11.1 Å². The lowest BCUT2D eigenvalue weighted by Crippen LogP contribution is -2.41. The molecule has 100 valence electrons. The number of carbonyl (C=O) groups excluding carboxylic acids is 1. The summed E-state index contributed by atoms with van der Waals surface area (Å²) in [6.07, 6.45) is 3.57. The van der Waals surface area contributed by atoms with Crippen molar-refractivity contribution in [1.29, 1.82) is 0 Å². The maximum Gasteiger partial charge on any atom is 0.241 e. The second-order valence-electron chi connectivity index (χ2n) is 4.53. The number of nitrogens with one attached hydrogen (secondary N) is 1. The van der Waals surface area contributed by atoms with Crippen molar-refractivity contribution in [3.05, 3.63) is 54.4 Å². The van der Waals surface area contributed by atoms with Crippen LogP contribution < -0.4 is 11.1 Å². The molecule has 1 amide bonds. The molecule has 0 aliphatic rings. The van der Waals surface area contributed by atoms with Crippen LogP contribution in [0, 0.1) is 0 Å². The Labute approximate surface area is 112 Å². The van der Waals surface area contributed by atoms with E-state index in [1.807, 2.05) is 49.5 Å². The molecule has 0 spiro atoms. The van der Waals surface area contributed by atoms with Crippen LogP contribution in [0.2, 0.25) is 0 Å². The van der Waals surface area contributed by atoms with E-state index in [2.05, 4.69) is 10.4 Å². The Kier molecular flexibility index (Phi) is 4.30. The van der Waals surface area contributed by atoms with Crippen molar-refractivity contribution in [3.8, 4) is 0 Å². The molecule has 19 heavy (non-hydrogen) atoms. The van der Waals surface area contributed by atoms with E-state index in [1.54, 1.807) is 10.9 Å². The van der Waals surface area contributed by atoms with Gasteiger partial charge in [0.05, 0.1) is 6.54 Å². The molecule has 1 aromatic heterocycles. The second kappa shape index (κ2) is 6.15. The van der Waals surface area contributed by atoms with Gasteiger partial charge in [-0.25, -0.2) is 0 Å². The van der Waals surface area contributed by atoms with Crippen molar-refractivity contribution in [2.75, 3.05) is 0 Å². The molecule has 0 saturated carbocycles. The molecule has 0 saturated heterocycles. The maximum absolute atomic E-state index is 12.0. The first-order valence-corrected chi connectivity index (χ1v) is 6.25. The molecule has 3 N–H and O–H groups in total. The number of benzene rings is 1. The molecule has 2 rings (SSSR count). The van der Waals surface area contributed by atoms with Crippen LogP contribution in [-0.2, 0) is 11.3 Å². The fraction of sp³-hybridized carbons (Fsp3) is 0.286. The number of carbonyl (C=O) groups is 1. The van der Waals surface area contributed by atoms with Crippen molar-refractivity contribution in [3.63, 3.8) is 0 Å². The zero-order valence-corrected chi connectivity index (χ0v) is 10.9.